The summed E-state index contributed by atoms with van der Waals surface area (Å²) in [6, 6.07) is 11.5. The number of benzene rings is 2. The lowest BCUT2D eigenvalue weighted by Gasteiger charge is -2.18. The van der Waals surface area contributed by atoms with Crippen LogP contribution in [-0.2, 0) is 6.54 Å². The van der Waals surface area contributed by atoms with Gasteiger partial charge in [-0.1, -0.05) is 24.8 Å². The van der Waals surface area contributed by atoms with Crippen LogP contribution in [0.15, 0.2) is 55.1 Å². The van der Waals surface area contributed by atoms with Gasteiger partial charge in [-0.3, -0.25) is 14.9 Å². The van der Waals surface area contributed by atoms with Gasteiger partial charge in [0.2, 0.25) is 0 Å². The van der Waals surface area contributed by atoms with Gasteiger partial charge in [0.1, 0.15) is 12.4 Å². The van der Waals surface area contributed by atoms with Crippen LogP contribution in [0.25, 0.3) is 0 Å². The van der Waals surface area contributed by atoms with Crippen LogP contribution in [-0.4, -0.2) is 36.5 Å². The molecule has 1 amide bonds. The molecule has 0 radical (unpaired) electrons. The fraction of sp³-hybridized carbons (Fsp3) is 0.211. The number of amides is 1. The van der Waals surface area contributed by atoms with Crippen molar-refractivity contribution in [3.05, 3.63) is 76.4 Å². The van der Waals surface area contributed by atoms with Gasteiger partial charge in [-0.05, 0) is 29.8 Å². The standard InChI is InChI=1S/C19H20N2O5/c1-4-11-26-16-8-5-14(6-9-16)13-20(2)19(22)15-7-10-18(25-3)17(12-15)21(23)24/h4-10,12H,1,11,13H2,2-3H3. The van der Waals surface area contributed by atoms with Crippen molar-refractivity contribution < 1.29 is 19.2 Å². The topological polar surface area (TPSA) is 81.9 Å². The van der Waals surface area contributed by atoms with E-state index in [1.54, 1.807) is 13.1 Å². The normalized spacial score (nSPS) is 10.1. The quantitative estimate of drug-likeness (QED) is 0.411. The third kappa shape index (κ3) is 4.60. The number of nitro groups is 1. The van der Waals surface area contributed by atoms with Gasteiger partial charge >= 0.3 is 5.69 Å². The van der Waals surface area contributed by atoms with E-state index in [0.717, 1.165) is 5.56 Å². The second-order valence-corrected chi connectivity index (χ2v) is 5.55. The van der Waals surface area contributed by atoms with E-state index in [9.17, 15) is 14.9 Å². The predicted molar refractivity (Wildman–Crippen MR) is 97.6 cm³/mol. The molecule has 7 heteroatoms. The summed E-state index contributed by atoms with van der Waals surface area (Å²) in [5, 5.41) is 11.1. The third-order valence-corrected chi connectivity index (χ3v) is 3.68. The Morgan fingerprint density at radius 3 is 2.54 bits per heavy atom. The van der Waals surface area contributed by atoms with E-state index in [0.29, 0.717) is 18.9 Å². The number of rotatable bonds is 8. The summed E-state index contributed by atoms with van der Waals surface area (Å²) in [5.41, 5.74) is 0.899. The molecule has 0 fully saturated rings. The van der Waals surface area contributed by atoms with E-state index in [4.69, 9.17) is 9.47 Å². The number of ether oxygens (including phenoxy) is 2. The average Bonchev–Trinajstić information content (AvgIpc) is 2.66. The summed E-state index contributed by atoms with van der Waals surface area (Å²) >= 11 is 0. The molecule has 0 unspecified atom stereocenters. The molecule has 0 spiro atoms. The van der Waals surface area contributed by atoms with Crippen LogP contribution in [0.2, 0.25) is 0 Å². The van der Waals surface area contributed by atoms with E-state index >= 15 is 0 Å². The summed E-state index contributed by atoms with van der Waals surface area (Å²) in [5.74, 6) is 0.514. The van der Waals surface area contributed by atoms with E-state index < -0.39 is 4.92 Å². The molecule has 2 aromatic carbocycles. The molecule has 2 aromatic rings. The van der Waals surface area contributed by atoms with E-state index in [1.165, 1.54) is 30.2 Å². The maximum atomic E-state index is 12.6. The maximum Gasteiger partial charge on any atom is 0.311 e. The molecule has 0 heterocycles. The van der Waals surface area contributed by atoms with Gasteiger partial charge in [0.25, 0.3) is 5.91 Å². The number of nitro benzene ring substituents is 1. The summed E-state index contributed by atoms with van der Waals surface area (Å²) < 4.78 is 10.4. The molecule has 0 aliphatic heterocycles. The Hall–Kier alpha value is -3.35. The van der Waals surface area contributed by atoms with Crippen molar-refractivity contribution in [2.45, 2.75) is 6.54 Å². The fourth-order valence-corrected chi connectivity index (χ4v) is 2.38. The van der Waals surface area contributed by atoms with Gasteiger partial charge in [-0.15, -0.1) is 0 Å². The second kappa shape index (κ2) is 8.66. The lowest BCUT2D eigenvalue weighted by molar-refractivity contribution is -0.385. The molecule has 0 aliphatic rings. The molecule has 2 rings (SSSR count). The highest BCUT2D eigenvalue weighted by molar-refractivity contribution is 5.95. The zero-order valence-corrected chi connectivity index (χ0v) is 14.7. The molecule has 0 saturated heterocycles. The lowest BCUT2D eigenvalue weighted by Crippen LogP contribution is -2.26. The highest BCUT2D eigenvalue weighted by atomic mass is 16.6. The molecule has 0 atom stereocenters. The minimum Gasteiger partial charge on any atom is -0.490 e. The van der Waals surface area contributed by atoms with E-state index in [1.807, 2.05) is 24.3 Å². The average molecular weight is 356 g/mol. The van der Waals surface area contributed by atoms with Gasteiger partial charge in [0.15, 0.2) is 5.75 Å². The Labute approximate surface area is 151 Å². The SMILES string of the molecule is C=CCOc1ccc(CN(C)C(=O)c2ccc(OC)c([N+](=O)[O-])c2)cc1. The van der Waals surface area contributed by atoms with Gasteiger partial charge in [0, 0.05) is 25.2 Å². The Bertz CT molecular complexity index is 802. The molecule has 0 aliphatic carbocycles. The zero-order valence-electron chi connectivity index (χ0n) is 14.7. The Balaban J connectivity index is 2.10. The molecule has 136 valence electrons. The first-order chi connectivity index (χ1) is 12.5. The number of nitrogens with zero attached hydrogens (tertiary/aromatic N) is 2. The summed E-state index contributed by atoms with van der Waals surface area (Å²) in [4.78, 5) is 24.6. The predicted octanol–water partition coefficient (Wildman–Crippen LogP) is 3.44. The Morgan fingerprint density at radius 2 is 1.96 bits per heavy atom. The summed E-state index contributed by atoms with van der Waals surface area (Å²) in [7, 11) is 2.99. The van der Waals surface area contributed by atoms with Crippen molar-refractivity contribution in [3.8, 4) is 11.5 Å². The first-order valence-electron chi connectivity index (χ1n) is 7.86. The first kappa shape index (κ1) is 19.0. The molecule has 0 N–H and O–H groups in total. The molecule has 0 bridgehead atoms. The van der Waals surface area contributed by atoms with Crippen molar-refractivity contribution in [1.82, 2.24) is 4.90 Å². The van der Waals surface area contributed by atoms with Crippen molar-refractivity contribution in [3.63, 3.8) is 0 Å². The molecule has 7 nitrogen and oxygen atoms in total. The molecular weight excluding hydrogens is 336 g/mol. The van der Waals surface area contributed by atoms with Gasteiger partial charge in [-0.25, -0.2) is 0 Å². The minimum absolute atomic E-state index is 0.115. The third-order valence-electron chi connectivity index (χ3n) is 3.68. The number of methoxy groups -OCH3 is 1. The van der Waals surface area contributed by atoms with Crippen LogP contribution in [0.1, 0.15) is 15.9 Å². The monoisotopic (exact) mass is 356 g/mol. The number of carbonyl (C=O) groups excluding carboxylic acids is 1. The molecule has 26 heavy (non-hydrogen) atoms. The van der Waals surface area contributed by atoms with Crippen molar-refractivity contribution in [2.75, 3.05) is 20.8 Å². The van der Waals surface area contributed by atoms with Gasteiger partial charge in [-0.2, -0.15) is 0 Å². The number of hydrogen-bond acceptors (Lipinski definition) is 5. The highest BCUT2D eigenvalue weighted by Gasteiger charge is 2.20. The van der Waals surface area contributed by atoms with Crippen LogP contribution in [0.3, 0.4) is 0 Å². The van der Waals surface area contributed by atoms with Crippen LogP contribution in [0.5, 0.6) is 11.5 Å². The molecule has 0 saturated carbocycles. The first-order valence-corrected chi connectivity index (χ1v) is 7.86. The van der Waals surface area contributed by atoms with Crippen LogP contribution >= 0.6 is 0 Å². The van der Waals surface area contributed by atoms with Gasteiger partial charge < -0.3 is 14.4 Å². The van der Waals surface area contributed by atoms with Crippen LogP contribution < -0.4 is 9.47 Å². The van der Waals surface area contributed by atoms with Crippen LogP contribution in [0.4, 0.5) is 5.69 Å². The molecular formula is C19H20N2O5. The number of carbonyl (C=O) groups is 1. The highest BCUT2D eigenvalue weighted by Crippen LogP contribution is 2.28. The Kier molecular flexibility index (Phi) is 6.32. The van der Waals surface area contributed by atoms with Crippen molar-refractivity contribution >= 4 is 11.6 Å². The van der Waals surface area contributed by atoms with Crippen molar-refractivity contribution in [1.29, 1.82) is 0 Å². The van der Waals surface area contributed by atoms with E-state index in [-0.39, 0.29) is 22.9 Å². The lowest BCUT2D eigenvalue weighted by atomic mass is 10.1. The molecule has 0 aromatic heterocycles. The largest absolute Gasteiger partial charge is 0.490 e. The van der Waals surface area contributed by atoms with Crippen molar-refractivity contribution in [2.24, 2.45) is 0 Å². The number of hydrogen-bond donors (Lipinski definition) is 0. The van der Waals surface area contributed by atoms with Crippen LogP contribution in [0, 0.1) is 10.1 Å². The summed E-state index contributed by atoms with van der Waals surface area (Å²) in [6.45, 7) is 4.38. The maximum absolute atomic E-state index is 12.6. The van der Waals surface area contributed by atoms with Gasteiger partial charge in [0.05, 0.1) is 12.0 Å². The Morgan fingerprint density at radius 1 is 1.27 bits per heavy atom. The fourth-order valence-electron chi connectivity index (χ4n) is 2.38. The summed E-state index contributed by atoms with van der Waals surface area (Å²) in [6.07, 6.45) is 1.66. The second-order valence-electron chi connectivity index (χ2n) is 5.55. The smallest absolute Gasteiger partial charge is 0.311 e. The van der Waals surface area contributed by atoms with E-state index in [2.05, 4.69) is 6.58 Å². The minimum atomic E-state index is -0.572. The zero-order chi connectivity index (χ0) is 19.1.